The Morgan fingerprint density at radius 1 is 1.05 bits per heavy atom. The number of nitrogens with zero attached hydrogens (tertiary/aromatic N) is 1. The van der Waals surface area contributed by atoms with Crippen molar-refractivity contribution < 1.29 is 4.79 Å². The molecule has 0 fully saturated rings. The van der Waals surface area contributed by atoms with Crippen molar-refractivity contribution in [2.75, 3.05) is 5.32 Å². The fourth-order valence-corrected chi connectivity index (χ4v) is 2.72. The zero-order chi connectivity index (χ0) is 14.7. The fraction of sp³-hybridized carbons (Fsp3) is 0.0588. The number of anilines is 1. The minimum atomic E-state index is -0.146. The van der Waals surface area contributed by atoms with Crippen LogP contribution in [0.25, 0.3) is 10.9 Å². The van der Waals surface area contributed by atoms with Crippen LogP contribution in [0.3, 0.4) is 0 Å². The Kier molecular flexibility index (Phi) is 3.97. The normalized spacial score (nSPS) is 10.5. The van der Waals surface area contributed by atoms with Crippen molar-refractivity contribution in [1.82, 2.24) is 4.98 Å². The van der Waals surface area contributed by atoms with Gasteiger partial charge in [0.1, 0.15) is 0 Å². The van der Waals surface area contributed by atoms with Gasteiger partial charge in [-0.05, 0) is 23.8 Å². The Bertz CT molecular complexity index is 796. The van der Waals surface area contributed by atoms with Crippen LogP contribution in [0.2, 0.25) is 0 Å². The number of amides is 1. The molecule has 4 heteroatoms. The monoisotopic (exact) mass is 340 g/mol. The van der Waals surface area contributed by atoms with E-state index in [0.29, 0.717) is 16.4 Å². The highest BCUT2D eigenvalue weighted by molar-refractivity contribution is 9.08. The third-order valence-corrected chi connectivity index (χ3v) is 3.89. The molecule has 2 aromatic carbocycles. The van der Waals surface area contributed by atoms with Crippen LogP contribution >= 0.6 is 15.9 Å². The third-order valence-electron chi connectivity index (χ3n) is 3.29. The van der Waals surface area contributed by atoms with E-state index in [-0.39, 0.29) is 5.91 Å². The van der Waals surface area contributed by atoms with Gasteiger partial charge in [0, 0.05) is 22.6 Å². The molecule has 3 nitrogen and oxygen atoms in total. The SMILES string of the molecule is O=C(Nc1ccccc1CBr)c1cccc2cccnc12. The van der Waals surface area contributed by atoms with Crippen molar-refractivity contribution in [3.63, 3.8) is 0 Å². The zero-order valence-corrected chi connectivity index (χ0v) is 12.8. The molecule has 0 bridgehead atoms. The van der Waals surface area contributed by atoms with Crippen LogP contribution in [-0.4, -0.2) is 10.9 Å². The second-order valence-electron chi connectivity index (χ2n) is 4.63. The van der Waals surface area contributed by atoms with Gasteiger partial charge >= 0.3 is 0 Å². The van der Waals surface area contributed by atoms with E-state index < -0.39 is 0 Å². The predicted octanol–water partition coefficient (Wildman–Crippen LogP) is 4.38. The van der Waals surface area contributed by atoms with E-state index in [1.54, 1.807) is 12.3 Å². The number of pyridine rings is 1. The van der Waals surface area contributed by atoms with Crippen molar-refractivity contribution in [1.29, 1.82) is 0 Å². The number of fused-ring (bicyclic) bond motifs is 1. The van der Waals surface area contributed by atoms with Crippen LogP contribution in [0, 0.1) is 0 Å². The maximum atomic E-state index is 12.5. The molecule has 1 heterocycles. The molecular formula is C17H13BrN2O. The van der Waals surface area contributed by atoms with Gasteiger partial charge in [-0.2, -0.15) is 0 Å². The van der Waals surface area contributed by atoms with Gasteiger partial charge in [-0.15, -0.1) is 0 Å². The second kappa shape index (κ2) is 6.06. The number of aromatic nitrogens is 1. The minimum absolute atomic E-state index is 0.146. The maximum absolute atomic E-state index is 12.5. The summed E-state index contributed by atoms with van der Waals surface area (Å²) in [6.07, 6.45) is 1.70. The largest absolute Gasteiger partial charge is 0.322 e. The molecule has 0 radical (unpaired) electrons. The summed E-state index contributed by atoms with van der Waals surface area (Å²) in [7, 11) is 0. The molecule has 21 heavy (non-hydrogen) atoms. The quantitative estimate of drug-likeness (QED) is 0.718. The van der Waals surface area contributed by atoms with Gasteiger partial charge in [0.25, 0.3) is 5.91 Å². The predicted molar refractivity (Wildman–Crippen MR) is 88.8 cm³/mol. The van der Waals surface area contributed by atoms with Gasteiger partial charge in [0.15, 0.2) is 0 Å². The first kappa shape index (κ1) is 13.8. The van der Waals surface area contributed by atoms with Crippen molar-refractivity contribution in [2.24, 2.45) is 0 Å². The van der Waals surface area contributed by atoms with Crippen molar-refractivity contribution in [2.45, 2.75) is 5.33 Å². The molecule has 0 aliphatic carbocycles. The Balaban J connectivity index is 1.98. The highest BCUT2D eigenvalue weighted by Crippen LogP contribution is 2.21. The summed E-state index contributed by atoms with van der Waals surface area (Å²) in [5, 5.41) is 4.61. The first-order chi connectivity index (χ1) is 10.3. The molecular weight excluding hydrogens is 328 g/mol. The lowest BCUT2D eigenvalue weighted by atomic mass is 10.1. The van der Waals surface area contributed by atoms with Gasteiger partial charge in [-0.1, -0.05) is 52.3 Å². The number of nitrogens with one attached hydrogen (secondary N) is 1. The second-order valence-corrected chi connectivity index (χ2v) is 5.19. The zero-order valence-electron chi connectivity index (χ0n) is 11.2. The number of hydrogen-bond acceptors (Lipinski definition) is 2. The minimum Gasteiger partial charge on any atom is -0.322 e. The maximum Gasteiger partial charge on any atom is 0.257 e. The summed E-state index contributed by atoms with van der Waals surface area (Å²) in [6.45, 7) is 0. The van der Waals surface area contributed by atoms with E-state index in [0.717, 1.165) is 16.6 Å². The first-order valence-corrected chi connectivity index (χ1v) is 7.70. The van der Waals surface area contributed by atoms with E-state index >= 15 is 0 Å². The lowest BCUT2D eigenvalue weighted by molar-refractivity contribution is 0.102. The Morgan fingerprint density at radius 3 is 2.71 bits per heavy atom. The topological polar surface area (TPSA) is 42.0 Å². The molecule has 0 saturated heterocycles. The Labute approximate surface area is 131 Å². The summed E-state index contributed by atoms with van der Waals surface area (Å²) in [4.78, 5) is 16.8. The van der Waals surface area contributed by atoms with Crippen molar-refractivity contribution >= 4 is 38.4 Å². The molecule has 0 saturated carbocycles. The van der Waals surface area contributed by atoms with Crippen LogP contribution < -0.4 is 5.32 Å². The van der Waals surface area contributed by atoms with E-state index in [9.17, 15) is 4.79 Å². The number of alkyl halides is 1. The Morgan fingerprint density at radius 2 is 1.86 bits per heavy atom. The molecule has 0 aliphatic rings. The number of carbonyl (C=O) groups is 1. The van der Waals surface area contributed by atoms with Crippen LogP contribution in [0.5, 0.6) is 0 Å². The lowest BCUT2D eigenvalue weighted by Gasteiger charge is -2.10. The molecule has 3 rings (SSSR count). The lowest BCUT2D eigenvalue weighted by Crippen LogP contribution is -2.13. The molecule has 1 amide bonds. The number of benzene rings is 2. The molecule has 3 aromatic rings. The van der Waals surface area contributed by atoms with Crippen LogP contribution in [0.4, 0.5) is 5.69 Å². The average Bonchev–Trinajstić information content (AvgIpc) is 2.54. The summed E-state index contributed by atoms with van der Waals surface area (Å²) < 4.78 is 0. The Hall–Kier alpha value is -2.20. The van der Waals surface area contributed by atoms with Gasteiger partial charge < -0.3 is 5.32 Å². The van der Waals surface area contributed by atoms with Gasteiger partial charge in [-0.3, -0.25) is 9.78 Å². The summed E-state index contributed by atoms with van der Waals surface area (Å²) >= 11 is 3.43. The number of carbonyl (C=O) groups excluding carboxylic acids is 1. The van der Waals surface area contributed by atoms with Crippen molar-refractivity contribution in [3.8, 4) is 0 Å². The van der Waals surface area contributed by atoms with Crippen LogP contribution in [0.15, 0.2) is 60.8 Å². The number of rotatable bonds is 3. The van der Waals surface area contributed by atoms with Crippen LogP contribution in [0.1, 0.15) is 15.9 Å². The average molecular weight is 341 g/mol. The van der Waals surface area contributed by atoms with E-state index in [1.807, 2.05) is 48.5 Å². The molecule has 0 atom stereocenters. The summed E-state index contributed by atoms with van der Waals surface area (Å²) in [5.74, 6) is -0.146. The molecule has 0 unspecified atom stereocenters. The van der Waals surface area contributed by atoms with Gasteiger partial charge in [0.2, 0.25) is 0 Å². The molecule has 1 N–H and O–H groups in total. The van der Waals surface area contributed by atoms with Gasteiger partial charge in [-0.25, -0.2) is 0 Å². The number of hydrogen-bond donors (Lipinski definition) is 1. The summed E-state index contributed by atoms with van der Waals surface area (Å²) in [5.41, 5.74) is 3.15. The highest BCUT2D eigenvalue weighted by Gasteiger charge is 2.12. The number of halogens is 1. The molecule has 104 valence electrons. The first-order valence-electron chi connectivity index (χ1n) is 6.58. The van der Waals surface area contributed by atoms with E-state index in [4.69, 9.17) is 0 Å². The molecule has 1 aromatic heterocycles. The van der Waals surface area contributed by atoms with Crippen LogP contribution in [-0.2, 0) is 5.33 Å². The van der Waals surface area contributed by atoms with Crippen molar-refractivity contribution in [3.05, 3.63) is 71.9 Å². The highest BCUT2D eigenvalue weighted by atomic mass is 79.9. The fourth-order valence-electron chi connectivity index (χ4n) is 2.24. The van der Waals surface area contributed by atoms with Gasteiger partial charge in [0.05, 0.1) is 11.1 Å². The third kappa shape index (κ3) is 2.81. The smallest absolute Gasteiger partial charge is 0.257 e. The molecule has 0 spiro atoms. The summed E-state index contributed by atoms with van der Waals surface area (Å²) in [6, 6.07) is 17.2. The van der Waals surface area contributed by atoms with E-state index in [2.05, 4.69) is 26.2 Å². The molecule has 0 aliphatic heterocycles. The van der Waals surface area contributed by atoms with E-state index in [1.165, 1.54) is 0 Å². The standard InChI is InChI=1S/C17H13BrN2O/c18-11-13-5-1-2-9-15(13)20-17(21)14-8-3-6-12-7-4-10-19-16(12)14/h1-10H,11H2,(H,20,21). The number of para-hydroxylation sites is 2.